The van der Waals surface area contributed by atoms with Crippen molar-refractivity contribution in [3.8, 4) is 0 Å². The Morgan fingerprint density at radius 3 is 1.83 bits per heavy atom. The zero-order valence-electron chi connectivity index (χ0n) is 7.55. The lowest BCUT2D eigenvalue weighted by molar-refractivity contribution is 0.0947. The van der Waals surface area contributed by atoms with Crippen LogP contribution in [0.15, 0.2) is 0 Å². The van der Waals surface area contributed by atoms with Gasteiger partial charge in [0, 0.05) is 12.1 Å². The van der Waals surface area contributed by atoms with Gasteiger partial charge < -0.3 is 5.32 Å². The van der Waals surface area contributed by atoms with Crippen molar-refractivity contribution in [3.63, 3.8) is 0 Å². The van der Waals surface area contributed by atoms with Crippen LogP contribution >= 0.6 is 35.9 Å². The molecule has 1 saturated heterocycles. The normalized spacial score (nSPS) is 28.5. The molecule has 1 aliphatic heterocycles. The van der Waals surface area contributed by atoms with Crippen molar-refractivity contribution in [3.05, 3.63) is 0 Å². The number of hydrogen-bond donors (Lipinski definition) is 1. The quantitative estimate of drug-likeness (QED) is 0.725. The van der Waals surface area contributed by atoms with E-state index < -0.39 is 0 Å². The van der Waals surface area contributed by atoms with Gasteiger partial charge in [-0.15, -0.1) is 35.9 Å². The van der Waals surface area contributed by atoms with Gasteiger partial charge in [-0.25, -0.2) is 0 Å². The van der Waals surface area contributed by atoms with Crippen LogP contribution in [-0.2, 0) is 0 Å². The molecular formula is C8H16ClNS2. The van der Waals surface area contributed by atoms with Crippen molar-refractivity contribution >= 4 is 35.9 Å². The second-order valence-electron chi connectivity index (χ2n) is 3.45. The molecule has 0 atom stereocenters. The number of nitrogens with one attached hydrogen (secondary N) is 1. The Hall–Kier alpha value is 0.950. The summed E-state index contributed by atoms with van der Waals surface area (Å²) in [4.78, 5) is 0. The largest absolute Gasteiger partial charge is 0.307 e. The molecule has 0 bridgehead atoms. The second-order valence-corrected chi connectivity index (χ2v) is 5.92. The zero-order valence-corrected chi connectivity index (χ0v) is 10.0. The molecule has 0 aromatic carbocycles. The van der Waals surface area contributed by atoms with E-state index in [1.807, 2.05) is 23.5 Å². The Morgan fingerprint density at radius 1 is 1.17 bits per heavy atom. The molecule has 1 spiro atoms. The number of thioether (sulfide) groups is 2. The minimum Gasteiger partial charge on any atom is -0.307 e. The van der Waals surface area contributed by atoms with Gasteiger partial charge in [0.25, 0.3) is 0 Å². The summed E-state index contributed by atoms with van der Waals surface area (Å²) in [6, 6.07) is 0. The van der Waals surface area contributed by atoms with Crippen LogP contribution in [0.5, 0.6) is 0 Å². The number of halogens is 1. The van der Waals surface area contributed by atoms with E-state index in [1.54, 1.807) is 0 Å². The van der Waals surface area contributed by atoms with E-state index >= 15 is 0 Å². The Bertz CT molecular complexity index is 155. The van der Waals surface area contributed by atoms with E-state index in [2.05, 4.69) is 17.8 Å². The van der Waals surface area contributed by atoms with E-state index in [-0.39, 0.29) is 12.4 Å². The fourth-order valence-electron chi connectivity index (χ4n) is 2.19. The van der Waals surface area contributed by atoms with Crippen molar-refractivity contribution in [2.45, 2.75) is 28.9 Å². The third-order valence-corrected chi connectivity index (χ3v) is 6.64. The molecule has 1 heterocycles. The predicted octanol–water partition coefficient (Wildman–Crippen LogP) is 2.36. The maximum absolute atomic E-state index is 3.61. The summed E-state index contributed by atoms with van der Waals surface area (Å²) in [6.45, 7) is 1.20. The van der Waals surface area contributed by atoms with Crippen molar-refractivity contribution in [2.24, 2.45) is 0 Å². The van der Waals surface area contributed by atoms with Crippen molar-refractivity contribution in [1.29, 1.82) is 0 Å². The maximum Gasteiger partial charge on any atom is 0.0909 e. The van der Waals surface area contributed by atoms with Gasteiger partial charge in [0.1, 0.15) is 0 Å². The van der Waals surface area contributed by atoms with Gasteiger partial charge in [-0.2, -0.15) is 0 Å². The van der Waals surface area contributed by atoms with Crippen LogP contribution in [0.4, 0.5) is 0 Å². The molecule has 0 amide bonds. The smallest absolute Gasteiger partial charge is 0.0909 e. The zero-order chi connectivity index (χ0) is 7.95. The minimum absolute atomic E-state index is 0. The lowest BCUT2D eigenvalue weighted by Gasteiger charge is -2.63. The standard InChI is InChI=1S/C8H15NS2.ClH/c1-10-8(11-2)6-9-7(8)4-3-5-7;/h9H,3-6H2,1-2H3;1H. The van der Waals surface area contributed by atoms with Crippen molar-refractivity contribution in [1.82, 2.24) is 5.32 Å². The summed E-state index contributed by atoms with van der Waals surface area (Å²) >= 11 is 4.08. The van der Waals surface area contributed by atoms with Crippen LogP contribution in [0.1, 0.15) is 19.3 Å². The molecule has 1 N–H and O–H groups in total. The molecule has 2 rings (SSSR count). The Balaban J connectivity index is 0.000000720. The maximum atomic E-state index is 3.61. The van der Waals surface area contributed by atoms with Crippen LogP contribution < -0.4 is 5.32 Å². The van der Waals surface area contributed by atoms with E-state index in [0.29, 0.717) is 9.62 Å². The highest BCUT2D eigenvalue weighted by molar-refractivity contribution is 8.17. The first-order valence-corrected chi connectivity index (χ1v) is 6.59. The van der Waals surface area contributed by atoms with Crippen LogP contribution in [0.3, 0.4) is 0 Å². The molecular weight excluding hydrogens is 210 g/mol. The van der Waals surface area contributed by atoms with E-state index in [0.717, 1.165) is 0 Å². The highest BCUT2D eigenvalue weighted by Gasteiger charge is 2.61. The second kappa shape index (κ2) is 3.60. The third kappa shape index (κ3) is 1.13. The predicted molar refractivity (Wildman–Crippen MR) is 61.6 cm³/mol. The lowest BCUT2D eigenvalue weighted by Crippen LogP contribution is -2.77. The van der Waals surface area contributed by atoms with Crippen LogP contribution in [-0.4, -0.2) is 28.7 Å². The SMILES string of the molecule is CSC1(SC)CNC12CCC2.Cl. The summed E-state index contributed by atoms with van der Waals surface area (Å²) in [5.41, 5.74) is 0.534. The monoisotopic (exact) mass is 225 g/mol. The molecule has 1 aliphatic carbocycles. The molecule has 1 saturated carbocycles. The van der Waals surface area contributed by atoms with Crippen LogP contribution in [0.25, 0.3) is 0 Å². The van der Waals surface area contributed by atoms with Gasteiger partial charge in [-0.05, 0) is 31.8 Å². The van der Waals surface area contributed by atoms with Gasteiger partial charge >= 0.3 is 0 Å². The van der Waals surface area contributed by atoms with E-state index in [9.17, 15) is 0 Å². The van der Waals surface area contributed by atoms with Gasteiger partial charge in [-0.1, -0.05) is 0 Å². The minimum atomic E-state index is 0. The fraction of sp³-hybridized carbons (Fsp3) is 1.00. The molecule has 1 nitrogen and oxygen atoms in total. The Kier molecular flexibility index (Phi) is 3.31. The molecule has 0 aromatic rings. The first kappa shape index (κ1) is 11.0. The van der Waals surface area contributed by atoms with Gasteiger partial charge in [0.15, 0.2) is 0 Å². The molecule has 12 heavy (non-hydrogen) atoms. The Labute approximate surface area is 89.2 Å². The van der Waals surface area contributed by atoms with Gasteiger partial charge in [0.2, 0.25) is 0 Å². The topological polar surface area (TPSA) is 12.0 Å². The van der Waals surface area contributed by atoms with Crippen molar-refractivity contribution in [2.75, 3.05) is 19.1 Å². The molecule has 2 aliphatic rings. The molecule has 2 fully saturated rings. The average Bonchev–Trinajstić information content (AvgIpc) is 1.86. The van der Waals surface area contributed by atoms with Crippen molar-refractivity contribution < 1.29 is 0 Å². The fourth-order valence-corrected chi connectivity index (χ4v) is 4.62. The third-order valence-electron chi connectivity index (χ3n) is 3.26. The first-order valence-electron chi connectivity index (χ1n) is 4.14. The summed E-state index contributed by atoms with van der Waals surface area (Å²) in [7, 11) is 0. The summed E-state index contributed by atoms with van der Waals surface area (Å²) < 4.78 is 0.519. The molecule has 72 valence electrons. The van der Waals surface area contributed by atoms with Crippen LogP contribution in [0.2, 0.25) is 0 Å². The van der Waals surface area contributed by atoms with Gasteiger partial charge in [-0.3, -0.25) is 0 Å². The number of hydrogen-bond acceptors (Lipinski definition) is 3. The highest BCUT2D eigenvalue weighted by atomic mass is 35.5. The molecule has 4 heteroatoms. The average molecular weight is 226 g/mol. The molecule has 0 unspecified atom stereocenters. The van der Waals surface area contributed by atoms with E-state index in [1.165, 1.54) is 25.8 Å². The summed E-state index contributed by atoms with van der Waals surface area (Å²) in [5.74, 6) is 0. The molecule has 0 aromatic heterocycles. The summed E-state index contributed by atoms with van der Waals surface area (Å²) in [5, 5.41) is 3.61. The highest BCUT2D eigenvalue weighted by Crippen LogP contribution is 2.57. The Morgan fingerprint density at radius 2 is 1.75 bits per heavy atom. The number of rotatable bonds is 2. The van der Waals surface area contributed by atoms with E-state index in [4.69, 9.17) is 0 Å². The lowest BCUT2D eigenvalue weighted by atomic mass is 9.69. The van der Waals surface area contributed by atoms with Crippen LogP contribution in [0, 0.1) is 0 Å². The first-order chi connectivity index (χ1) is 5.29. The summed E-state index contributed by atoms with van der Waals surface area (Å²) in [6.07, 6.45) is 8.72. The van der Waals surface area contributed by atoms with Gasteiger partial charge in [0.05, 0.1) is 4.08 Å². The molecule has 0 radical (unpaired) electrons.